The van der Waals surface area contributed by atoms with Gasteiger partial charge in [0.25, 0.3) is 0 Å². The maximum atomic E-state index is 10.9. The Labute approximate surface area is 168 Å². The molecule has 0 radical (unpaired) electrons. The Kier molecular flexibility index (Phi) is 5.34. The molecule has 1 saturated heterocycles. The van der Waals surface area contributed by atoms with Gasteiger partial charge in [-0.25, -0.2) is 0 Å². The van der Waals surface area contributed by atoms with Crippen molar-refractivity contribution in [2.24, 2.45) is 5.92 Å². The molecule has 0 saturated carbocycles. The number of aliphatic carboxylic acids is 1. The summed E-state index contributed by atoms with van der Waals surface area (Å²) in [6, 6.07) is 13.2. The van der Waals surface area contributed by atoms with Crippen molar-refractivity contribution in [2.75, 3.05) is 18.0 Å². The average molecular weight is 391 g/mol. The van der Waals surface area contributed by atoms with Crippen LogP contribution >= 0.6 is 0 Å². The van der Waals surface area contributed by atoms with E-state index in [0.717, 1.165) is 42.7 Å². The number of carboxylic acid groups (broad SMARTS) is 1. The third-order valence-corrected chi connectivity index (χ3v) is 5.30. The van der Waals surface area contributed by atoms with E-state index in [1.54, 1.807) is 18.4 Å². The van der Waals surface area contributed by atoms with E-state index in [1.165, 1.54) is 0 Å². The van der Waals surface area contributed by atoms with Crippen LogP contribution in [0.5, 0.6) is 5.88 Å². The van der Waals surface area contributed by atoms with Gasteiger partial charge in [0, 0.05) is 36.5 Å². The number of anilines is 1. The minimum Gasteiger partial charge on any atom is -0.481 e. The van der Waals surface area contributed by atoms with Crippen molar-refractivity contribution in [3.8, 4) is 11.9 Å². The van der Waals surface area contributed by atoms with E-state index in [-0.39, 0.29) is 18.9 Å². The summed E-state index contributed by atoms with van der Waals surface area (Å²) in [7, 11) is 0. The molecular weight excluding hydrogens is 370 g/mol. The number of hydrogen-bond donors (Lipinski definition) is 1. The number of nitriles is 1. The first kappa shape index (κ1) is 18.8. The van der Waals surface area contributed by atoms with Gasteiger partial charge in [0.05, 0.1) is 17.9 Å². The Morgan fingerprint density at radius 3 is 2.86 bits per heavy atom. The van der Waals surface area contributed by atoms with Crippen LogP contribution in [0.4, 0.5) is 5.82 Å². The molecule has 4 rings (SSSR count). The van der Waals surface area contributed by atoms with Gasteiger partial charge in [-0.15, -0.1) is 0 Å². The van der Waals surface area contributed by atoms with Gasteiger partial charge in [-0.1, -0.05) is 12.1 Å². The van der Waals surface area contributed by atoms with Crippen molar-refractivity contribution in [2.45, 2.75) is 25.9 Å². The second-order valence-corrected chi connectivity index (χ2v) is 7.20. The highest BCUT2D eigenvalue weighted by Gasteiger charge is 2.22. The summed E-state index contributed by atoms with van der Waals surface area (Å²) in [6.45, 7) is 1.86. The number of rotatable bonds is 6. The fraction of sp³-hybridized carbons (Fsp3) is 0.318. The van der Waals surface area contributed by atoms with Crippen LogP contribution in [0.1, 0.15) is 30.4 Å². The third kappa shape index (κ3) is 4.16. The first-order chi connectivity index (χ1) is 14.1. The van der Waals surface area contributed by atoms with Gasteiger partial charge in [-0.3, -0.25) is 4.79 Å². The van der Waals surface area contributed by atoms with E-state index < -0.39 is 5.97 Å². The van der Waals surface area contributed by atoms with Crippen LogP contribution in [0.2, 0.25) is 0 Å². The lowest BCUT2D eigenvalue weighted by atomic mass is 9.94. The van der Waals surface area contributed by atoms with E-state index in [4.69, 9.17) is 14.3 Å². The summed E-state index contributed by atoms with van der Waals surface area (Å²) in [5.41, 5.74) is 2.08. The lowest BCUT2D eigenvalue weighted by Crippen LogP contribution is -2.34. The summed E-state index contributed by atoms with van der Waals surface area (Å²) >= 11 is 0. The Morgan fingerprint density at radius 2 is 2.10 bits per heavy atom. The number of piperidine rings is 1. The summed E-state index contributed by atoms with van der Waals surface area (Å²) in [6.07, 6.45) is 3.50. The smallest absolute Gasteiger partial charge is 0.303 e. The molecule has 1 N–H and O–H groups in total. The molecular formula is C22H21N3O4. The Hall–Kier alpha value is -3.53. The fourth-order valence-corrected chi connectivity index (χ4v) is 3.76. The molecule has 3 aromatic rings. The van der Waals surface area contributed by atoms with Gasteiger partial charge in [0.1, 0.15) is 18.0 Å². The zero-order valence-corrected chi connectivity index (χ0v) is 15.9. The molecule has 0 atom stereocenters. The average Bonchev–Trinajstić information content (AvgIpc) is 3.23. The van der Waals surface area contributed by atoms with Gasteiger partial charge in [0.2, 0.25) is 5.88 Å². The van der Waals surface area contributed by atoms with E-state index in [9.17, 15) is 10.1 Å². The van der Waals surface area contributed by atoms with Crippen LogP contribution in [-0.2, 0) is 11.4 Å². The summed E-state index contributed by atoms with van der Waals surface area (Å²) in [5.74, 6) is 0.846. The molecule has 0 amide bonds. The zero-order chi connectivity index (χ0) is 20.2. The fourth-order valence-electron chi connectivity index (χ4n) is 3.76. The highest BCUT2D eigenvalue weighted by molar-refractivity contribution is 5.86. The molecule has 1 fully saturated rings. The number of carboxylic acids is 1. The molecule has 1 aromatic carbocycles. The number of aromatic nitrogens is 1. The van der Waals surface area contributed by atoms with Crippen molar-refractivity contribution < 1.29 is 19.1 Å². The number of hydrogen-bond acceptors (Lipinski definition) is 6. The van der Waals surface area contributed by atoms with E-state index in [1.807, 2.05) is 24.3 Å². The molecule has 2 aromatic heterocycles. The molecule has 0 bridgehead atoms. The van der Waals surface area contributed by atoms with E-state index in [0.29, 0.717) is 17.0 Å². The molecule has 1 aliphatic rings. The summed E-state index contributed by atoms with van der Waals surface area (Å²) in [4.78, 5) is 17.7. The number of ether oxygens (including phenoxy) is 1. The normalized spacial score (nSPS) is 14.7. The van der Waals surface area contributed by atoms with Crippen LogP contribution in [0.25, 0.3) is 11.0 Å². The highest BCUT2D eigenvalue weighted by atomic mass is 16.5. The minimum atomic E-state index is -0.731. The topological polar surface area (TPSA) is 99.6 Å². The molecule has 7 heteroatoms. The predicted octanol–water partition coefficient (Wildman–Crippen LogP) is 3.97. The maximum Gasteiger partial charge on any atom is 0.303 e. The standard InChI is InChI=1S/C22H21N3O4/c23-13-16-4-5-17(22-18(16)8-11-28-22)14-29-20-3-1-2-19(24-20)25-9-6-15(7-10-25)12-21(26)27/h1-5,8,11,15H,6-7,9-10,12,14H2,(H,26,27). The quantitative estimate of drug-likeness (QED) is 0.678. The van der Waals surface area contributed by atoms with Crippen molar-refractivity contribution in [3.63, 3.8) is 0 Å². The highest BCUT2D eigenvalue weighted by Crippen LogP contribution is 2.27. The van der Waals surface area contributed by atoms with Crippen LogP contribution in [-0.4, -0.2) is 29.1 Å². The SMILES string of the molecule is N#Cc1ccc(COc2cccc(N3CCC(CC(=O)O)CC3)n2)c2occc12. The van der Waals surface area contributed by atoms with Crippen molar-refractivity contribution >= 4 is 22.8 Å². The number of nitrogens with zero attached hydrogens (tertiary/aromatic N) is 3. The molecule has 0 unspecified atom stereocenters. The number of carbonyl (C=O) groups is 1. The molecule has 3 heterocycles. The van der Waals surface area contributed by atoms with Crippen LogP contribution in [0, 0.1) is 17.2 Å². The Balaban J connectivity index is 1.42. The van der Waals surface area contributed by atoms with Crippen molar-refractivity contribution in [1.82, 2.24) is 4.98 Å². The van der Waals surface area contributed by atoms with E-state index >= 15 is 0 Å². The number of pyridine rings is 1. The lowest BCUT2D eigenvalue weighted by Gasteiger charge is -2.32. The number of furan rings is 1. The first-order valence-corrected chi connectivity index (χ1v) is 9.60. The van der Waals surface area contributed by atoms with Crippen LogP contribution in [0.15, 0.2) is 47.1 Å². The largest absolute Gasteiger partial charge is 0.481 e. The predicted molar refractivity (Wildman–Crippen MR) is 107 cm³/mol. The van der Waals surface area contributed by atoms with Crippen LogP contribution < -0.4 is 9.64 Å². The van der Waals surface area contributed by atoms with Gasteiger partial charge in [-0.2, -0.15) is 10.2 Å². The second-order valence-electron chi connectivity index (χ2n) is 7.20. The maximum absolute atomic E-state index is 10.9. The first-order valence-electron chi connectivity index (χ1n) is 9.60. The molecule has 148 valence electrons. The molecule has 1 aliphatic heterocycles. The number of fused-ring (bicyclic) bond motifs is 1. The van der Waals surface area contributed by atoms with Gasteiger partial charge >= 0.3 is 5.97 Å². The van der Waals surface area contributed by atoms with E-state index in [2.05, 4.69) is 16.0 Å². The molecule has 7 nitrogen and oxygen atoms in total. The molecule has 0 aliphatic carbocycles. The van der Waals surface area contributed by atoms with Crippen molar-refractivity contribution in [3.05, 3.63) is 53.8 Å². The minimum absolute atomic E-state index is 0.232. The summed E-state index contributed by atoms with van der Waals surface area (Å²) < 4.78 is 11.4. The second kappa shape index (κ2) is 8.23. The molecule has 29 heavy (non-hydrogen) atoms. The van der Waals surface area contributed by atoms with Gasteiger partial charge < -0.3 is 19.2 Å². The lowest BCUT2D eigenvalue weighted by molar-refractivity contribution is -0.138. The third-order valence-electron chi connectivity index (χ3n) is 5.30. The van der Waals surface area contributed by atoms with Crippen LogP contribution in [0.3, 0.4) is 0 Å². The van der Waals surface area contributed by atoms with Crippen molar-refractivity contribution in [1.29, 1.82) is 5.26 Å². The zero-order valence-electron chi connectivity index (χ0n) is 15.9. The van der Waals surface area contributed by atoms with Gasteiger partial charge in [-0.05, 0) is 37.0 Å². The number of benzene rings is 1. The summed E-state index contributed by atoms with van der Waals surface area (Å²) in [5, 5.41) is 18.9. The van der Waals surface area contributed by atoms with Gasteiger partial charge in [0.15, 0.2) is 0 Å². The Morgan fingerprint density at radius 1 is 1.28 bits per heavy atom. The Bertz CT molecular complexity index is 1060. The molecule has 0 spiro atoms. The monoisotopic (exact) mass is 391 g/mol.